The van der Waals surface area contributed by atoms with Crippen LogP contribution in [0.5, 0.6) is 5.75 Å². The SMILES string of the molecule is C/C(=C/c1ccc(OC(C)C)cc1)C(C)N. The summed E-state index contributed by atoms with van der Waals surface area (Å²) in [6.07, 6.45) is 2.32. The fourth-order valence-electron chi connectivity index (χ4n) is 1.31. The highest BCUT2D eigenvalue weighted by Gasteiger charge is 1.99. The molecule has 1 unspecified atom stereocenters. The zero-order chi connectivity index (χ0) is 12.1. The summed E-state index contributed by atoms with van der Waals surface area (Å²) in [6, 6.07) is 8.17. The number of nitrogens with two attached hydrogens (primary N) is 1. The molecule has 0 aliphatic carbocycles. The van der Waals surface area contributed by atoms with Crippen LogP contribution in [-0.2, 0) is 0 Å². The molecule has 2 nitrogen and oxygen atoms in total. The molecule has 2 N–H and O–H groups in total. The Bertz CT molecular complexity index is 350. The van der Waals surface area contributed by atoms with Crippen LogP contribution in [0.2, 0.25) is 0 Å². The third-order valence-corrected chi connectivity index (χ3v) is 2.36. The van der Waals surface area contributed by atoms with Gasteiger partial charge in [0, 0.05) is 6.04 Å². The molecule has 1 aromatic carbocycles. The Morgan fingerprint density at radius 1 is 1.19 bits per heavy atom. The molecule has 0 bridgehead atoms. The summed E-state index contributed by atoms with van der Waals surface area (Å²) in [4.78, 5) is 0. The predicted molar refractivity (Wildman–Crippen MR) is 69.5 cm³/mol. The lowest BCUT2D eigenvalue weighted by Crippen LogP contribution is -2.15. The van der Waals surface area contributed by atoms with Gasteiger partial charge in [0.15, 0.2) is 0 Å². The highest BCUT2D eigenvalue weighted by Crippen LogP contribution is 2.16. The first-order chi connectivity index (χ1) is 7.49. The second kappa shape index (κ2) is 5.71. The Morgan fingerprint density at radius 3 is 2.19 bits per heavy atom. The monoisotopic (exact) mass is 219 g/mol. The second-order valence-electron chi connectivity index (χ2n) is 4.41. The minimum Gasteiger partial charge on any atom is -0.491 e. The van der Waals surface area contributed by atoms with Crippen LogP contribution in [0.3, 0.4) is 0 Å². The molecule has 0 aliphatic heterocycles. The maximum Gasteiger partial charge on any atom is 0.119 e. The van der Waals surface area contributed by atoms with Gasteiger partial charge in [-0.15, -0.1) is 0 Å². The molecule has 0 spiro atoms. The van der Waals surface area contributed by atoms with Crippen molar-refractivity contribution in [2.45, 2.75) is 39.8 Å². The summed E-state index contributed by atoms with van der Waals surface area (Å²) >= 11 is 0. The Kier molecular flexibility index (Phi) is 4.56. The Labute approximate surface area is 98.1 Å². The maximum absolute atomic E-state index is 5.79. The van der Waals surface area contributed by atoms with Crippen molar-refractivity contribution in [1.82, 2.24) is 0 Å². The van der Waals surface area contributed by atoms with E-state index in [1.807, 2.05) is 52.0 Å². The molecular weight excluding hydrogens is 198 g/mol. The quantitative estimate of drug-likeness (QED) is 0.843. The van der Waals surface area contributed by atoms with Crippen molar-refractivity contribution in [3.8, 4) is 5.75 Å². The number of ether oxygens (including phenoxy) is 1. The van der Waals surface area contributed by atoms with Crippen molar-refractivity contribution >= 4 is 6.08 Å². The van der Waals surface area contributed by atoms with Gasteiger partial charge < -0.3 is 10.5 Å². The van der Waals surface area contributed by atoms with Gasteiger partial charge in [0.25, 0.3) is 0 Å². The zero-order valence-electron chi connectivity index (χ0n) is 10.5. The first kappa shape index (κ1) is 12.8. The summed E-state index contributed by atoms with van der Waals surface area (Å²) < 4.78 is 5.58. The molecule has 0 saturated heterocycles. The summed E-state index contributed by atoms with van der Waals surface area (Å²) in [5.41, 5.74) is 8.12. The number of rotatable bonds is 4. The summed E-state index contributed by atoms with van der Waals surface area (Å²) in [6.45, 7) is 8.08. The number of benzene rings is 1. The highest BCUT2D eigenvalue weighted by atomic mass is 16.5. The fourth-order valence-corrected chi connectivity index (χ4v) is 1.31. The lowest BCUT2D eigenvalue weighted by Gasteiger charge is -2.10. The molecular formula is C14H21NO. The van der Waals surface area contributed by atoms with E-state index in [0.29, 0.717) is 0 Å². The van der Waals surface area contributed by atoms with Gasteiger partial charge in [-0.1, -0.05) is 23.8 Å². The zero-order valence-corrected chi connectivity index (χ0v) is 10.5. The molecule has 1 aromatic rings. The van der Waals surface area contributed by atoms with Gasteiger partial charge >= 0.3 is 0 Å². The molecule has 1 rings (SSSR count). The molecule has 0 aliphatic rings. The van der Waals surface area contributed by atoms with Crippen molar-refractivity contribution in [2.24, 2.45) is 5.73 Å². The molecule has 2 heteroatoms. The maximum atomic E-state index is 5.79. The average Bonchev–Trinajstić information content (AvgIpc) is 2.20. The van der Waals surface area contributed by atoms with Crippen LogP contribution in [0.4, 0.5) is 0 Å². The van der Waals surface area contributed by atoms with E-state index in [1.54, 1.807) is 0 Å². The largest absolute Gasteiger partial charge is 0.491 e. The van der Waals surface area contributed by atoms with Crippen LogP contribution >= 0.6 is 0 Å². The van der Waals surface area contributed by atoms with E-state index >= 15 is 0 Å². The van der Waals surface area contributed by atoms with E-state index in [0.717, 1.165) is 11.3 Å². The Hall–Kier alpha value is -1.28. The van der Waals surface area contributed by atoms with E-state index in [-0.39, 0.29) is 12.1 Å². The minimum absolute atomic E-state index is 0.103. The Balaban J connectivity index is 2.75. The average molecular weight is 219 g/mol. The van der Waals surface area contributed by atoms with Crippen LogP contribution in [0.1, 0.15) is 33.3 Å². The van der Waals surface area contributed by atoms with Crippen molar-refractivity contribution in [3.63, 3.8) is 0 Å². The van der Waals surface area contributed by atoms with Crippen LogP contribution in [0.25, 0.3) is 6.08 Å². The van der Waals surface area contributed by atoms with E-state index in [2.05, 4.69) is 6.08 Å². The Morgan fingerprint density at radius 2 is 1.75 bits per heavy atom. The first-order valence-electron chi connectivity index (χ1n) is 5.69. The molecule has 0 fully saturated rings. The lowest BCUT2D eigenvalue weighted by atomic mass is 10.1. The van der Waals surface area contributed by atoms with Crippen LogP contribution in [0.15, 0.2) is 29.8 Å². The lowest BCUT2D eigenvalue weighted by molar-refractivity contribution is 0.242. The molecule has 1 atom stereocenters. The van der Waals surface area contributed by atoms with E-state index in [4.69, 9.17) is 10.5 Å². The molecule has 0 amide bonds. The van der Waals surface area contributed by atoms with Gasteiger partial charge in [-0.2, -0.15) is 0 Å². The van der Waals surface area contributed by atoms with E-state index in [1.165, 1.54) is 5.57 Å². The van der Waals surface area contributed by atoms with Gasteiger partial charge in [-0.3, -0.25) is 0 Å². The summed E-state index contributed by atoms with van der Waals surface area (Å²) in [5, 5.41) is 0. The van der Waals surface area contributed by atoms with Gasteiger partial charge in [0.1, 0.15) is 5.75 Å². The number of hydrogen-bond donors (Lipinski definition) is 1. The van der Waals surface area contributed by atoms with Crippen molar-refractivity contribution in [1.29, 1.82) is 0 Å². The van der Waals surface area contributed by atoms with Gasteiger partial charge in [0.05, 0.1) is 6.10 Å². The van der Waals surface area contributed by atoms with Crippen molar-refractivity contribution in [2.75, 3.05) is 0 Å². The highest BCUT2D eigenvalue weighted by molar-refractivity contribution is 5.54. The third kappa shape index (κ3) is 4.07. The van der Waals surface area contributed by atoms with Gasteiger partial charge in [0.2, 0.25) is 0 Å². The summed E-state index contributed by atoms with van der Waals surface area (Å²) in [5.74, 6) is 0.908. The van der Waals surface area contributed by atoms with E-state index < -0.39 is 0 Å². The van der Waals surface area contributed by atoms with E-state index in [9.17, 15) is 0 Å². The van der Waals surface area contributed by atoms with Crippen LogP contribution < -0.4 is 10.5 Å². The first-order valence-corrected chi connectivity index (χ1v) is 5.69. The standard InChI is InChI=1S/C14H21NO/c1-10(2)16-14-7-5-13(6-8-14)9-11(3)12(4)15/h5-10,12H,15H2,1-4H3/b11-9-. The fraction of sp³-hybridized carbons (Fsp3) is 0.429. The molecule has 0 aromatic heterocycles. The van der Waals surface area contributed by atoms with Gasteiger partial charge in [-0.05, 0) is 45.4 Å². The minimum atomic E-state index is 0.103. The molecule has 88 valence electrons. The third-order valence-electron chi connectivity index (χ3n) is 2.36. The molecule has 0 radical (unpaired) electrons. The smallest absolute Gasteiger partial charge is 0.119 e. The van der Waals surface area contributed by atoms with Crippen LogP contribution in [-0.4, -0.2) is 12.1 Å². The predicted octanol–water partition coefficient (Wildman–Crippen LogP) is 3.22. The van der Waals surface area contributed by atoms with Crippen molar-refractivity contribution < 1.29 is 4.74 Å². The molecule has 16 heavy (non-hydrogen) atoms. The second-order valence-corrected chi connectivity index (χ2v) is 4.41. The summed E-state index contributed by atoms with van der Waals surface area (Å²) in [7, 11) is 0. The normalized spacial score (nSPS) is 14.0. The molecule has 0 heterocycles. The molecule has 0 saturated carbocycles. The van der Waals surface area contributed by atoms with Gasteiger partial charge in [-0.25, -0.2) is 0 Å². The topological polar surface area (TPSA) is 35.2 Å². The van der Waals surface area contributed by atoms with Crippen LogP contribution in [0, 0.1) is 0 Å². The number of hydrogen-bond acceptors (Lipinski definition) is 2. The van der Waals surface area contributed by atoms with Crippen molar-refractivity contribution in [3.05, 3.63) is 35.4 Å².